The molecule has 0 aromatic carbocycles. The summed E-state index contributed by atoms with van der Waals surface area (Å²) in [6.45, 7) is 6.31. The number of esters is 1. The Morgan fingerprint density at radius 1 is 0.762 bits per heavy atom. The molecular formula is C51H89N11O17S. The van der Waals surface area contributed by atoms with E-state index in [2.05, 4.69) is 56.4 Å². The van der Waals surface area contributed by atoms with Gasteiger partial charge in [-0.25, -0.2) is 0 Å². The number of unbranched alkanes of at least 4 members (excludes halogenated alkanes) is 8. The molecule has 1 heterocycles. The van der Waals surface area contributed by atoms with Gasteiger partial charge in [0, 0.05) is 20.0 Å². The van der Waals surface area contributed by atoms with E-state index in [9.17, 15) is 75.9 Å². The lowest BCUT2D eigenvalue weighted by molar-refractivity contribution is -0.156. The van der Waals surface area contributed by atoms with Gasteiger partial charge in [-0.2, -0.15) is 8.42 Å². The predicted molar refractivity (Wildman–Crippen MR) is 291 cm³/mol. The second-order valence-corrected chi connectivity index (χ2v) is 21.9. The third-order valence-corrected chi connectivity index (χ3v) is 13.9. The van der Waals surface area contributed by atoms with Crippen LogP contribution in [0.3, 0.4) is 0 Å². The number of carbonyl (C=O) groups excluding carboxylic acids is 11. The van der Waals surface area contributed by atoms with E-state index in [1.165, 1.54) is 33.6 Å². The zero-order valence-corrected chi connectivity index (χ0v) is 48.1. The highest BCUT2D eigenvalue weighted by molar-refractivity contribution is 7.85. The minimum atomic E-state index is -5.10. The van der Waals surface area contributed by atoms with E-state index >= 15 is 0 Å². The van der Waals surface area contributed by atoms with Gasteiger partial charge in [-0.3, -0.25) is 57.3 Å². The highest BCUT2D eigenvalue weighted by atomic mass is 32.2. The Morgan fingerprint density at radius 2 is 1.31 bits per heavy atom. The Kier molecular flexibility index (Phi) is 33.9. The Morgan fingerprint density at radius 3 is 1.84 bits per heavy atom. The zero-order valence-electron chi connectivity index (χ0n) is 47.3. The van der Waals surface area contributed by atoms with Crippen molar-refractivity contribution in [3.63, 3.8) is 0 Å². The van der Waals surface area contributed by atoms with Crippen LogP contribution >= 0.6 is 0 Å². The molecule has 0 aliphatic carbocycles. The smallest absolute Gasteiger partial charge is 0.325 e. The molecule has 1 fully saturated rings. The summed E-state index contributed by atoms with van der Waals surface area (Å²) in [5, 5.41) is 38.5. The molecule has 456 valence electrons. The monoisotopic (exact) mass is 1160 g/mol. The molecule has 1 rings (SSSR count). The van der Waals surface area contributed by atoms with Gasteiger partial charge in [0.2, 0.25) is 47.3 Å². The van der Waals surface area contributed by atoms with Crippen molar-refractivity contribution in [1.29, 1.82) is 0 Å². The van der Waals surface area contributed by atoms with Crippen molar-refractivity contribution in [2.75, 3.05) is 45.6 Å². The fourth-order valence-electron chi connectivity index (χ4n) is 8.16. The topological polar surface area (TPSA) is 443 Å². The number of allylic oxidation sites excluding steroid dienone is 1. The van der Waals surface area contributed by atoms with Gasteiger partial charge in [0.15, 0.2) is 0 Å². The van der Waals surface area contributed by atoms with Gasteiger partial charge in [0.1, 0.15) is 72.2 Å². The summed E-state index contributed by atoms with van der Waals surface area (Å²) in [5.41, 5.74) is 11.0. The predicted octanol–water partition coefficient (Wildman–Crippen LogP) is -2.67. The van der Waals surface area contributed by atoms with E-state index in [4.69, 9.17) is 16.2 Å². The third-order valence-electron chi connectivity index (χ3n) is 13.2. The molecule has 0 spiro atoms. The fourth-order valence-corrected chi connectivity index (χ4v) is 8.81. The molecule has 0 saturated carbocycles. The molecule has 0 bridgehead atoms. The van der Waals surface area contributed by atoms with Gasteiger partial charge in [0.05, 0.1) is 19.6 Å². The van der Waals surface area contributed by atoms with Crippen molar-refractivity contribution >= 4 is 75.0 Å². The van der Waals surface area contributed by atoms with Crippen molar-refractivity contribution in [2.24, 2.45) is 23.3 Å². The molecular weight excluding hydrogens is 1070 g/mol. The molecule has 1 aliphatic heterocycles. The third kappa shape index (κ3) is 27.3. The number of aliphatic hydroxyl groups excluding tert-OH is 2. The van der Waals surface area contributed by atoms with Gasteiger partial charge in [-0.05, 0) is 57.9 Å². The van der Waals surface area contributed by atoms with Gasteiger partial charge in [-0.15, -0.1) is 0 Å². The molecule has 29 heteroatoms. The van der Waals surface area contributed by atoms with E-state index in [1.807, 2.05) is 0 Å². The number of cyclic esters (lactones) is 1. The molecule has 28 nitrogen and oxygen atoms in total. The second-order valence-electron chi connectivity index (χ2n) is 20.4. The Labute approximate surface area is 468 Å². The molecule has 0 aromatic rings. The number of likely N-dealkylation sites (N-methyl/N-ethyl adjacent to an activating group) is 1. The molecule has 9 atom stereocenters. The lowest BCUT2D eigenvalue weighted by atomic mass is 9.99. The van der Waals surface area contributed by atoms with Gasteiger partial charge < -0.3 is 73.9 Å². The number of ketones is 1. The summed E-state index contributed by atoms with van der Waals surface area (Å²) in [6.07, 6.45) is 8.97. The molecule has 1 aliphatic rings. The number of nitrogens with one attached hydrogen (secondary N) is 8. The van der Waals surface area contributed by atoms with Crippen LogP contribution < -0.4 is 54.0 Å². The first-order valence-electron chi connectivity index (χ1n) is 27.3. The standard InChI is InChI=1S/C51H89N11O17S/c1-8-31(5)20-16-14-12-10-11-13-15-17-21-33(65)24-40(66)54-39(29-80(76,77)78)48(72)61-43-32(6)79-41(67)26-62(7)51(75)35(22-18-19-23-52)56-46(70)37(27-63)58-49(73)42(30(3)4)60-44(68)34(9-2)55-45(69)36(25-53)57-47(71)38(28-64)59-50(43)74/h9,30-32,35-39,42-43,63-64H,8,10-29,52-53H2,1-7H3,(H,54,66)(H,55,69)(H,56,70)(H,57,71)(H,58,73)(H,59,74)(H,60,68)(H,61,72)(H,76,77,78). The molecule has 9 amide bonds. The number of nitrogens with two attached hydrogens (primary N) is 2. The van der Waals surface area contributed by atoms with E-state index < -0.39 is 174 Å². The lowest BCUT2D eigenvalue weighted by Gasteiger charge is -2.29. The lowest BCUT2D eigenvalue weighted by Crippen LogP contribution is -2.63. The first-order chi connectivity index (χ1) is 37.7. The minimum absolute atomic E-state index is 0.0000927. The first-order valence-corrected chi connectivity index (χ1v) is 28.9. The van der Waals surface area contributed by atoms with Crippen LogP contribution in [-0.4, -0.2) is 187 Å². The number of hydrogen-bond donors (Lipinski definition) is 13. The van der Waals surface area contributed by atoms with Crippen LogP contribution in [-0.2, 0) is 67.6 Å². The van der Waals surface area contributed by atoms with Crippen molar-refractivity contribution in [3.8, 4) is 0 Å². The quantitative estimate of drug-likeness (QED) is 0.0131. The normalized spacial score (nSPS) is 23.2. The van der Waals surface area contributed by atoms with E-state index in [-0.39, 0.29) is 25.8 Å². The maximum absolute atomic E-state index is 14.1. The number of hydrogen-bond acceptors (Lipinski definition) is 18. The summed E-state index contributed by atoms with van der Waals surface area (Å²) in [4.78, 5) is 150. The molecule has 1 saturated heterocycles. The second kappa shape index (κ2) is 37.7. The van der Waals surface area contributed by atoms with Crippen molar-refractivity contribution in [3.05, 3.63) is 11.8 Å². The van der Waals surface area contributed by atoms with Gasteiger partial charge in [0.25, 0.3) is 16.0 Å². The molecule has 15 N–H and O–H groups in total. The van der Waals surface area contributed by atoms with Crippen molar-refractivity contribution in [2.45, 2.75) is 186 Å². The summed E-state index contributed by atoms with van der Waals surface area (Å²) < 4.78 is 39.6. The molecule has 80 heavy (non-hydrogen) atoms. The summed E-state index contributed by atoms with van der Waals surface area (Å²) in [6, 6.07) is -12.6. The van der Waals surface area contributed by atoms with Crippen LogP contribution in [0.4, 0.5) is 0 Å². The maximum Gasteiger partial charge on any atom is 0.325 e. The maximum atomic E-state index is 14.1. The number of aliphatic hydroxyl groups is 2. The Hall–Kier alpha value is -6.14. The fraction of sp³-hybridized carbons (Fsp3) is 0.745. The molecule has 9 unspecified atom stereocenters. The number of nitrogens with zero attached hydrogens (tertiary/aromatic N) is 1. The van der Waals surface area contributed by atoms with Crippen molar-refractivity contribution in [1.82, 2.24) is 47.4 Å². The van der Waals surface area contributed by atoms with Crippen LogP contribution in [0.5, 0.6) is 0 Å². The summed E-state index contributed by atoms with van der Waals surface area (Å²) >= 11 is 0. The number of carbonyl (C=O) groups is 11. The van der Waals surface area contributed by atoms with Crippen LogP contribution in [0.15, 0.2) is 11.8 Å². The van der Waals surface area contributed by atoms with Crippen molar-refractivity contribution < 1.29 is 80.7 Å². The van der Waals surface area contributed by atoms with E-state index in [0.717, 1.165) is 63.5 Å². The number of Topliss-reactive ketones (excluding diaryl/α,β-unsaturated/α-hetero) is 1. The van der Waals surface area contributed by atoms with Gasteiger partial charge >= 0.3 is 5.97 Å². The van der Waals surface area contributed by atoms with Gasteiger partial charge in [-0.1, -0.05) is 91.6 Å². The number of ether oxygens (including phenoxy) is 1. The average Bonchev–Trinajstić information content (AvgIpc) is 3.39. The number of rotatable bonds is 27. The van der Waals surface area contributed by atoms with E-state index in [0.29, 0.717) is 25.2 Å². The summed E-state index contributed by atoms with van der Waals surface area (Å²) in [5.74, 6) is -13.6. The summed E-state index contributed by atoms with van der Waals surface area (Å²) in [7, 11) is -3.97. The van der Waals surface area contributed by atoms with Crippen LogP contribution in [0.2, 0.25) is 0 Å². The Balaban J connectivity index is 3.63. The highest BCUT2D eigenvalue weighted by Gasteiger charge is 2.38. The highest BCUT2D eigenvalue weighted by Crippen LogP contribution is 2.16. The minimum Gasteiger partial charge on any atom is -0.459 e. The SMILES string of the molecule is CC=C1NC(=O)C(CN)NC(=O)C(CO)NC(=O)C(NC(=O)C(CS(=O)(=O)O)NC(=O)CC(=O)CCCCCCCCCCC(C)CC)C(C)OC(=O)CN(C)C(=O)C(CCCCN)NC(=O)C(CO)NC(=O)C(C(C)C)NC1=O. The first kappa shape index (κ1) is 71.9. The van der Waals surface area contributed by atoms with E-state index in [1.54, 1.807) is 0 Å². The van der Waals surface area contributed by atoms with Crippen LogP contribution in [0.1, 0.15) is 138 Å². The van der Waals surface area contributed by atoms with Crippen LogP contribution in [0.25, 0.3) is 0 Å². The molecule has 0 radical (unpaired) electrons. The zero-order chi connectivity index (χ0) is 60.7. The number of amides is 9. The molecule has 0 aromatic heterocycles. The van der Waals surface area contributed by atoms with Crippen LogP contribution in [0, 0.1) is 11.8 Å². The largest absolute Gasteiger partial charge is 0.459 e. The average molecular weight is 1160 g/mol. The Bertz CT molecular complexity index is 2230.